The molecule has 2 N–H and O–H groups in total. The van der Waals surface area contributed by atoms with Gasteiger partial charge in [-0.05, 0) is 31.5 Å². The summed E-state index contributed by atoms with van der Waals surface area (Å²) in [5.74, 6) is -1.89. The summed E-state index contributed by atoms with van der Waals surface area (Å²) >= 11 is 1.44. The zero-order valence-electron chi connectivity index (χ0n) is 11.6. The van der Waals surface area contributed by atoms with Gasteiger partial charge in [0.25, 0.3) is 0 Å². The van der Waals surface area contributed by atoms with Gasteiger partial charge < -0.3 is 15.1 Å². The standard InChI is InChI=1S/C14H16N2O4S/c1-14(2)10(13(19)20)16-11(18)8(12(16)21-14)9(17)7-3-5-15-6-4-7/h3-6,8-10,12,17H,1-2H3,(H,19,20)/t8-,9?,10-,12+/m0/s1. The van der Waals surface area contributed by atoms with E-state index in [1.54, 1.807) is 24.5 Å². The fourth-order valence-electron chi connectivity index (χ4n) is 3.10. The van der Waals surface area contributed by atoms with Crippen LogP contribution in [0.3, 0.4) is 0 Å². The lowest BCUT2D eigenvalue weighted by Gasteiger charge is -2.45. The van der Waals surface area contributed by atoms with Gasteiger partial charge in [0.15, 0.2) is 0 Å². The van der Waals surface area contributed by atoms with Crippen LogP contribution in [0.15, 0.2) is 24.5 Å². The van der Waals surface area contributed by atoms with E-state index in [0.29, 0.717) is 5.56 Å². The number of aliphatic hydroxyl groups excluding tert-OH is 1. The first-order chi connectivity index (χ1) is 9.84. The lowest BCUT2D eigenvalue weighted by Crippen LogP contribution is -2.63. The number of hydrogen-bond donors (Lipinski definition) is 2. The maximum Gasteiger partial charge on any atom is 0.327 e. The molecule has 0 spiro atoms. The number of aromatic nitrogens is 1. The Hall–Kier alpha value is -1.60. The molecular weight excluding hydrogens is 292 g/mol. The predicted molar refractivity (Wildman–Crippen MR) is 76.4 cm³/mol. The Morgan fingerprint density at radius 1 is 1.43 bits per heavy atom. The van der Waals surface area contributed by atoms with Crippen LogP contribution in [0.25, 0.3) is 0 Å². The van der Waals surface area contributed by atoms with E-state index >= 15 is 0 Å². The van der Waals surface area contributed by atoms with Gasteiger partial charge in [-0.15, -0.1) is 11.8 Å². The number of rotatable bonds is 3. The number of pyridine rings is 1. The van der Waals surface area contributed by atoms with Gasteiger partial charge in [-0.2, -0.15) is 0 Å². The van der Waals surface area contributed by atoms with Crippen LogP contribution in [0.4, 0.5) is 0 Å². The zero-order chi connectivity index (χ0) is 15.4. The first-order valence-corrected chi connectivity index (χ1v) is 7.53. The Labute approximate surface area is 126 Å². The number of nitrogens with zero attached hydrogens (tertiary/aromatic N) is 2. The summed E-state index contributed by atoms with van der Waals surface area (Å²) in [6.07, 6.45) is 2.19. The normalized spacial score (nSPS) is 31.5. The Kier molecular flexibility index (Phi) is 3.22. The number of carbonyl (C=O) groups is 2. The van der Waals surface area contributed by atoms with Crippen molar-refractivity contribution in [3.63, 3.8) is 0 Å². The van der Waals surface area contributed by atoms with Crippen molar-refractivity contribution in [2.75, 3.05) is 0 Å². The van der Waals surface area contributed by atoms with E-state index in [1.165, 1.54) is 16.7 Å². The van der Waals surface area contributed by atoms with E-state index in [0.717, 1.165) is 0 Å². The van der Waals surface area contributed by atoms with Crippen molar-refractivity contribution < 1.29 is 19.8 Å². The number of carboxylic acid groups (broad SMARTS) is 1. The number of aliphatic carboxylic acids is 1. The molecule has 21 heavy (non-hydrogen) atoms. The van der Waals surface area contributed by atoms with Gasteiger partial charge in [0.2, 0.25) is 5.91 Å². The lowest BCUT2D eigenvalue weighted by molar-refractivity contribution is -0.169. The van der Waals surface area contributed by atoms with Crippen molar-refractivity contribution in [1.29, 1.82) is 0 Å². The Bertz CT molecular complexity index is 592. The van der Waals surface area contributed by atoms with Gasteiger partial charge >= 0.3 is 5.97 Å². The second kappa shape index (κ2) is 4.71. The minimum absolute atomic E-state index is 0.295. The van der Waals surface area contributed by atoms with Crippen molar-refractivity contribution in [3.8, 4) is 0 Å². The van der Waals surface area contributed by atoms with Crippen LogP contribution >= 0.6 is 11.8 Å². The molecule has 6 nitrogen and oxygen atoms in total. The summed E-state index contributed by atoms with van der Waals surface area (Å²) < 4.78 is -0.571. The Morgan fingerprint density at radius 2 is 2.05 bits per heavy atom. The third-order valence-corrected chi connectivity index (χ3v) is 5.70. The van der Waals surface area contributed by atoms with Gasteiger partial charge in [-0.1, -0.05) is 0 Å². The van der Waals surface area contributed by atoms with E-state index in [2.05, 4.69) is 4.98 Å². The molecular formula is C14H16N2O4S. The van der Waals surface area contributed by atoms with E-state index in [4.69, 9.17) is 0 Å². The molecule has 1 unspecified atom stereocenters. The molecule has 112 valence electrons. The molecule has 4 atom stereocenters. The molecule has 3 rings (SSSR count). The van der Waals surface area contributed by atoms with Gasteiger partial charge in [0.05, 0.1) is 17.4 Å². The first-order valence-electron chi connectivity index (χ1n) is 6.65. The maximum absolute atomic E-state index is 12.3. The fourth-order valence-corrected chi connectivity index (χ4v) is 4.82. The van der Waals surface area contributed by atoms with Crippen LogP contribution in [0.1, 0.15) is 25.5 Å². The highest BCUT2D eigenvalue weighted by molar-refractivity contribution is 8.01. The predicted octanol–water partition coefficient (Wildman–Crippen LogP) is 0.878. The van der Waals surface area contributed by atoms with Crippen molar-refractivity contribution in [1.82, 2.24) is 9.88 Å². The highest BCUT2D eigenvalue weighted by Gasteiger charge is 2.65. The van der Waals surface area contributed by atoms with Crippen LogP contribution in [-0.2, 0) is 9.59 Å². The molecule has 0 saturated carbocycles. The maximum atomic E-state index is 12.3. The smallest absolute Gasteiger partial charge is 0.327 e. The van der Waals surface area contributed by atoms with E-state index < -0.39 is 28.8 Å². The summed E-state index contributed by atoms with van der Waals surface area (Å²) in [5, 5.41) is 19.5. The second-order valence-corrected chi connectivity index (χ2v) is 7.62. The monoisotopic (exact) mass is 308 g/mol. The van der Waals surface area contributed by atoms with Crippen molar-refractivity contribution in [3.05, 3.63) is 30.1 Å². The number of carbonyl (C=O) groups excluding carboxylic acids is 1. The quantitative estimate of drug-likeness (QED) is 0.806. The average molecular weight is 308 g/mol. The molecule has 3 heterocycles. The lowest BCUT2D eigenvalue weighted by atomic mass is 9.85. The second-order valence-electron chi connectivity index (χ2n) is 5.85. The Morgan fingerprint density at radius 3 is 2.62 bits per heavy atom. The molecule has 1 aromatic rings. The molecule has 0 bridgehead atoms. The van der Waals surface area contributed by atoms with Gasteiger partial charge in [-0.3, -0.25) is 9.78 Å². The highest BCUT2D eigenvalue weighted by Crippen LogP contribution is 2.55. The molecule has 0 aliphatic carbocycles. The molecule has 0 radical (unpaired) electrons. The molecule has 0 aromatic carbocycles. The molecule has 2 saturated heterocycles. The van der Waals surface area contributed by atoms with Crippen molar-refractivity contribution >= 4 is 23.6 Å². The largest absolute Gasteiger partial charge is 0.480 e. The zero-order valence-corrected chi connectivity index (χ0v) is 12.4. The van der Waals surface area contributed by atoms with E-state index in [1.807, 2.05) is 13.8 Å². The summed E-state index contributed by atoms with van der Waals surface area (Å²) in [5.41, 5.74) is 0.625. The Balaban J connectivity index is 1.87. The molecule has 1 amide bonds. The van der Waals surface area contributed by atoms with Gasteiger partial charge in [-0.25, -0.2) is 4.79 Å². The van der Waals surface area contributed by atoms with Crippen LogP contribution < -0.4 is 0 Å². The third kappa shape index (κ3) is 2.03. The SMILES string of the molecule is CC1(C)S[C@@H]2[C@@H](C(O)c3ccncc3)C(=O)N2[C@H]1C(=O)O. The average Bonchev–Trinajstić information content (AvgIpc) is 2.68. The van der Waals surface area contributed by atoms with E-state index in [9.17, 15) is 19.8 Å². The summed E-state index contributed by atoms with van der Waals surface area (Å²) in [6.45, 7) is 3.63. The third-order valence-electron chi connectivity index (χ3n) is 4.10. The minimum Gasteiger partial charge on any atom is -0.480 e. The number of β-lactam (4-membered cyclic amide) rings is 1. The van der Waals surface area contributed by atoms with Crippen LogP contribution in [-0.4, -0.2) is 48.1 Å². The molecule has 2 fully saturated rings. The summed E-state index contributed by atoms with van der Waals surface area (Å²) in [6, 6.07) is 2.49. The van der Waals surface area contributed by atoms with Crippen LogP contribution in [0, 0.1) is 5.92 Å². The van der Waals surface area contributed by atoms with Gasteiger partial charge in [0.1, 0.15) is 6.04 Å². The number of aliphatic hydroxyl groups is 1. The number of thioether (sulfide) groups is 1. The summed E-state index contributed by atoms with van der Waals surface area (Å²) in [4.78, 5) is 29.0. The molecule has 1 aromatic heterocycles. The first kappa shape index (κ1) is 14.3. The molecule has 7 heteroatoms. The number of carboxylic acids is 1. The number of hydrogen-bond acceptors (Lipinski definition) is 5. The topological polar surface area (TPSA) is 90.7 Å². The number of fused-ring (bicyclic) bond motifs is 1. The molecule has 2 aliphatic rings. The molecule has 2 aliphatic heterocycles. The minimum atomic E-state index is -1.000. The van der Waals surface area contributed by atoms with E-state index in [-0.39, 0.29) is 11.3 Å². The van der Waals surface area contributed by atoms with Crippen LogP contribution in [0.2, 0.25) is 0 Å². The highest BCUT2D eigenvalue weighted by atomic mass is 32.2. The van der Waals surface area contributed by atoms with Crippen molar-refractivity contribution in [2.45, 2.75) is 36.1 Å². The fraction of sp³-hybridized carbons (Fsp3) is 0.500. The van der Waals surface area contributed by atoms with Crippen molar-refractivity contribution in [2.24, 2.45) is 5.92 Å². The number of amides is 1. The van der Waals surface area contributed by atoms with Crippen LogP contribution in [0.5, 0.6) is 0 Å². The van der Waals surface area contributed by atoms with Gasteiger partial charge in [0, 0.05) is 17.1 Å². The summed E-state index contributed by atoms with van der Waals surface area (Å²) in [7, 11) is 0.